The van der Waals surface area contributed by atoms with Crippen molar-refractivity contribution in [2.24, 2.45) is 0 Å². The molecule has 0 spiro atoms. The second-order valence-electron chi connectivity index (χ2n) is 8.39. The molecule has 0 aliphatic carbocycles. The van der Waals surface area contributed by atoms with Crippen LogP contribution in [0.15, 0.2) is 29.2 Å². The second kappa shape index (κ2) is 19.8. The standard InChI is InChI=1S/C25H44O3S.Na.H/c1-3-4-5-6-7-8-9-10-11-12-13-14-15-16-17-18-23-28-29(26,27)25-21-19-24(2)20-22-25;;/h19-22H,3-18,23H2,1-2H3;;. The molecule has 0 heterocycles. The van der Waals surface area contributed by atoms with Gasteiger partial charge in [-0.2, -0.15) is 8.42 Å². The zero-order chi connectivity index (χ0) is 21.2. The molecular formula is C25H45NaO3S. The quantitative estimate of drug-likeness (QED) is 0.127. The van der Waals surface area contributed by atoms with E-state index in [1.54, 1.807) is 24.3 Å². The Bertz CT molecular complexity index is 599. The van der Waals surface area contributed by atoms with E-state index in [1.807, 2.05) is 6.92 Å². The molecular weight excluding hydrogens is 403 g/mol. The van der Waals surface area contributed by atoms with Gasteiger partial charge in [0.1, 0.15) is 0 Å². The Morgan fingerprint density at radius 2 is 1.00 bits per heavy atom. The van der Waals surface area contributed by atoms with Crippen LogP contribution in [0.1, 0.15) is 115 Å². The fourth-order valence-corrected chi connectivity index (χ4v) is 4.53. The molecule has 0 saturated heterocycles. The topological polar surface area (TPSA) is 43.4 Å². The minimum atomic E-state index is -3.60. The Hall–Kier alpha value is 0.130. The number of rotatable bonds is 19. The summed E-state index contributed by atoms with van der Waals surface area (Å²) >= 11 is 0. The van der Waals surface area contributed by atoms with Crippen molar-refractivity contribution in [1.29, 1.82) is 0 Å². The third kappa shape index (κ3) is 15.9. The molecule has 1 aromatic rings. The van der Waals surface area contributed by atoms with Gasteiger partial charge < -0.3 is 0 Å². The third-order valence-electron chi connectivity index (χ3n) is 5.55. The van der Waals surface area contributed by atoms with Gasteiger partial charge in [0.2, 0.25) is 0 Å². The van der Waals surface area contributed by atoms with E-state index < -0.39 is 10.1 Å². The van der Waals surface area contributed by atoms with Gasteiger partial charge in [-0.1, -0.05) is 121 Å². The summed E-state index contributed by atoms with van der Waals surface area (Å²) in [5.41, 5.74) is 1.04. The third-order valence-corrected chi connectivity index (χ3v) is 6.87. The Labute approximate surface area is 209 Å². The number of benzene rings is 1. The molecule has 30 heavy (non-hydrogen) atoms. The molecule has 5 heteroatoms. The van der Waals surface area contributed by atoms with Crippen LogP contribution in [0.2, 0.25) is 0 Å². The molecule has 0 saturated carbocycles. The zero-order valence-corrected chi connectivity index (χ0v) is 19.8. The van der Waals surface area contributed by atoms with E-state index in [2.05, 4.69) is 6.92 Å². The molecule has 0 aliphatic heterocycles. The van der Waals surface area contributed by atoms with Crippen LogP contribution in [0.5, 0.6) is 0 Å². The first kappa shape index (κ1) is 30.1. The molecule has 1 aromatic carbocycles. The van der Waals surface area contributed by atoms with E-state index in [-0.39, 0.29) is 41.1 Å². The predicted molar refractivity (Wildman–Crippen MR) is 131 cm³/mol. The van der Waals surface area contributed by atoms with Crippen LogP contribution < -0.4 is 0 Å². The van der Waals surface area contributed by atoms with E-state index in [9.17, 15) is 8.42 Å². The van der Waals surface area contributed by atoms with Crippen LogP contribution in [0.3, 0.4) is 0 Å². The molecule has 3 nitrogen and oxygen atoms in total. The van der Waals surface area contributed by atoms with E-state index >= 15 is 0 Å². The second-order valence-corrected chi connectivity index (χ2v) is 10.0. The van der Waals surface area contributed by atoms with Crippen molar-refractivity contribution in [1.82, 2.24) is 0 Å². The summed E-state index contributed by atoms with van der Waals surface area (Å²) in [6.45, 7) is 4.50. The first-order valence-electron chi connectivity index (χ1n) is 12.0. The van der Waals surface area contributed by atoms with Crippen molar-refractivity contribution in [2.75, 3.05) is 6.61 Å². The van der Waals surface area contributed by atoms with Gasteiger partial charge in [0.15, 0.2) is 0 Å². The normalized spacial score (nSPS) is 11.4. The van der Waals surface area contributed by atoms with Crippen molar-refractivity contribution in [3.8, 4) is 0 Å². The summed E-state index contributed by atoms with van der Waals surface area (Å²) in [5.74, 6) is 0. The number of hydrogen-bond donors (Lipinski definition) is 0. The first-order chi connectivity index (χ1) is 14.1. The number of unbranched alkanes of at least 4 members (excludes halogenated alkanes) is 15. The molecule has 0 bridgehead atoms. The maximum absolute atomic E-state index is 12.1. The monoisotopic (exact) mass is 448 g/mol. The minimum absolute atomic E-state index is 0. The summed E-state index contributed by atoms with van der Waals surface area (Å²) in [4.78, 5) is 0.250. The van der Waals surface area contributed by atoms with Gasteiger partial charge in [-0.3, -0.25) is 4.18 Å². The Kier molecular flexibility index (Phi) is 19.9. The molecule has 0 atom stereocenters. The van der Waals surface area contributed by atoms with E-state index in [1.165, 1.54) is 89.9 Å². The molecule has 0 aliphatic rings. The van der Waals surface area contributed by atoms with Crippen molar-refractivity contribution in [2.45, 2.75) is 121 Å². The SMILES string of the molecule is CCCCCCCCCCCCCCCCCCOS(=O)(=O)c1ccc(C)cc1.[NaH]. The fraction of sp³-hybridized carbons (Fsp3) is 0.760. The first-order valence-corrected chi connectivity index (χ1v) is 13.4. The van der Waals surface area contributed by atoms with Crippen LogP contribution in [-0.4, -0.2) is 44.6 Å². The number of hydrogen-bond acceptors (Lipinski definition) is 3. The van der Waals surface area contributed by atoms with Gasteiger partial charge in [-0.15, -0.1) is 0 Å². The van der Waals surface area contributed by atoms with Gasteiger partial charge >= 0.3 is 29.6 Å². The molecule has 0 unspecified atom stereocenters. The molecule has 0 aromatic heterocycles. The van der Waals surface area contributed by atoms with E-state index in [4.69, 9.17) is 4.18 Å². The summed E-state index contributed by atoms with van der Waals surface area (Å²) in [5, 5.41) is 0. The average molecular weight is 449 g/mol. The van der Waals surface area contributed by atoms with Crippen molar-refractivity contribution < 1.29 is 12.6 Å². The Balaban J connectivity index is 0.00000841. The molecule has 170 valence electrons. The van der Waals surface area contributed by atoms with E-state index in [0.717, 1.165) is 18.4 Å². The number of aryl methyl sites for hydroxylation is 1. The maximum atomic E-state index is 12.1. The molecule has 0 radical (unpaired) electrons. The van der Waals surface area contributed by atoms with Crippen LogP contribution in [0.25, 0.3) is 0 Å². The molecule has 0 amide bonds. The van der Waals surface area contributed by atoms with Gasteiger partial charge in [-0.25, -0.2) is 0 Å². The van der Waals surface area contributed by atoms with Gasteiger partial charge in [0, 0.05) is 0 Å². The summed E-state index contributed by atoms with van der Waals surface area (Å²) in [7, 11) is -3.60. The van der Waals surface area contributed by atoms with Crippen LogP contribution in [0.4, 0.5) is 0 Å². The molecule has 1 rings (SSSR count). The summed E-state index contributed by atoms with van der Waals surface area (Å²) in [6.07, 6.45) is 20.9. The Morgan fingerprint density at radius 1 is 0.633 bits per heavy atom. The predicted octanol–water partition coefficient (Wildman–Crippen LogP) is 7.31. The fourth-order valence-electron chi connectivity index (χ4n) is 3.59. The average Bonchev–Trinajstić information content (AvgIpc) is 2.70. The summed E-state index contributed by atoms with van der Waals surface area (Å²) < 4.78 is 29.3. The van der Waals surface area contributed by atoms with Crippen LogP contribution >= 0.6 is 0 Å². The van der Waals surface area contributed by atoms with Crippen LogP contribution in [-0.2, 0) is 14.3 Å². The molecule has 0 fully saturated rings. The van der Waals surface area contributed by atoms with Crippen molar-refractivity contribution >= 4 is 39.7 Å². The van der Waals surface area contributed by atoms with Gasteiger partial charge in [-0.05, 0) is 25.5 Å². The van der Waals surface area contributed by atoms with Crippen molar-refractivity contribution in [3.63, 3.8) is 0 Å². The van der Waals surface area contributed by atoms with E-state index in [0.29, 0.717) is 0 Å². The summed E-state index contributed by atoms with van der Waals surface area (Å²) in [6, 6.07) is 6.81. The van der Waals surface area contributed by atoms with Crippen molar-refractivity contribution in [3.05, 3.63) is 29.8 Å². The molecule has 0 N–H and O–H groups in total. The van der Waals surface area contributed by atoms with Crippen LogP contribution in [0, 0.1) is 6.92 Å². The zero-order valence-electron chi connectivity index (χ0n) is 19.0. The Morgan fingerprint density at radius 3 is 1.40 bits per heavy atom. The van der Waals surface area contributed by atoms with Gasteiger partial charge in [0.05, 0.1) is 11.5 Å². The van der Waals surface area contributed by atoms with Gasteiger partial charge in [0.25, 0.3) is 10.1 Å².